The molecule has 1 aliphatic carbocycles. The second kappa shape index (κ2) is 24.5. The smallest absolute Gasteiger partial charge is 0 e. The molecule has 0 spiro atoms. The van der Waals surface area contributed by atoms with Gasteiger partial charge >= 0.3 is 0 Å². The Morgan fingerprint density at radius 2 is 0.553 bits per heavy atom. The van der Waals surface area contributed by atoms with Crippen LogP contribution in [-0.4, -0.2) is 0 Å². The average Bonchev–Trinajstić information content (AvgIpc) is 3.17. The van der Waals surface area contributed by atoms with Crippen LogP contribution in [0.1, 0.15) is 34.6 Å². The molecule has 3 aromatic carbocycles. The minimum absolute atomic E-state index is 0. The number of benzene rings is 3. The van der Waals surface area contributed by atoms with E-state index in [-0.39, 0.29) is 21.1 Å². The van der Waals surface area contributed by atoms with E-state index in [4.69, 9.17) is 42.0 Å². The molecule has 1 fully saturated rings. The Kier molecular flexibility index (Phi) is 25.6. The van der Waals surface area contributed by atoms with Gasteiger partial charge < -0.3 is 42.0 Å². The normalized spacial score (nSPS) is 20.3. The molecule has 0 unspecified atom stereocenters. The molecule has 0 aliphatic heterocycles. The number of hydrogen-bond donors (Lipinski definition) is 0. The van der Waals surface area contributed by atoms with E-state index in [0.717, 1.165) is 29.6 Å². The van der Waals surface area contributed by atoms with Gasteiger partial charge in [-0.15, -0.1) is 0 Å². The van der Waals surface area contributed by atoms with E-state index < -0.39 is 7.92 Å². The third-order valence-corrected chi connectivity index (χ3v) is 9.63. The van der Waals surface area contributed by atoms with Crippen molar-refractivity contribution in [3.05, 3.63) is 133 Å². The van der Waals surface area contributed by atoms with Crippen LogP contribution in [0, 0.1) is 49.2 Å². The van der Waals surface area contributed by atoms with Gasteiger partial charge in [0.15, 0.2) is 0 Å². The van der Waals surface area contributed by atoms with Crippen LogP contribution in [0.3, 0.4) is 0 Å². The fourth-order valence-corrected chi connectivity index (χ4v) is 6.88. The fraction of sp³-hybridized carbons (Fsp3) is 0.357. The standard InChI is InChI=1S/C18H15P.C10H20.4NO.W/c1-4-10-16(11-5-1)19(17-12-6-2-7-13-17)18-14-8-3-9-15-18;1-6-7(2)9(4)10(5)8(6)3;4*1-2;/h1-15H;6-10H,1-5H3;;;;;/q;;4*-1;. The molecule has 0 N–H and O–H groups in total. The third kappa shape index (κ3) is 12.1. The van der Waals surface area contributed by atoms with Crippen LogP contribution in [0.15, 0.2) is 91.0 Å². The third-order valence-electron chi connectivity index (χ3n) is 7.19. The molecule has 0 saturated heterocycles. The van der Waals surface area contributed by atoms with Crippen molar-refractivity contribution in [1.29, 1.82) is 0 Å². The summed E-state index contributed by atoms with van der Waals surface area (Å²) in [4.78, 5) is 29.0. The first-order valence-electron chi connectivity index (χ1n) is 11.7. The monoisotopic (exact) mass is 706 g/mol. The Morgan fingerprint density at radius 3 is 0.711 bits per heavy atom. The molecule has 206 valence electrons. The van der Waals surface area contributed by atoms with Crippen LogP contribution in [0.4, 0.5) is 0 Å². The van der Waals surface area contributed by atoms with Crippen molar-refractivity contribution in [3.63, 3.8) is 0 Å². The van der Waals surface area contributed by atoms with E-state index in [0.29, 0.717) is 0 Å². The van der Waals surface area contributed by atoms with Gasteiger partial charge in [-0.3, -0.25) is 0 Å². The molecule has 3 aromatic rings. The Hall–Kier alpha value is -2.82. The van der Waals surface area contributed by atoms with Gasteiger partial charge in [0, 0.05) is 21.1 Å². The second-order valence-electron chi connectivity index (χ2n) is 8.64. The van der Waals surface area contributed by atoms with E-state index in [9.17, 15) is 0 Å². The van der Waals surface area contributed by atoms with Crippen molar-refractivity contribution in [1.82, 2.24) is 0 Å². The molecule has 38 heavy (non-hydrogen) atoms. The molecule has 0 bridgehead atoms. The summed E-state index contributed by atoms with van der Waals surface area (Å²) in [5.74, 6) is 4.68. The first-order chi connectivity index (χ1) is 18.0. The van der Waals surface area contributed by atoms with Gasteiger partial charge in [0.1, 0.15) is 0 Å². The summed E-state index contributed by atoms with van der Waals surface area (Å²) in [7, 11) is -0.446. The van der Waals surface area contributed by atoms with Crippen LogP contribution in [0.25, 0.3) is 22.4 Å². The van der Waals surface area contributed by atoms with Crippen molar-refractivity contribution in [2.45, 2.75) is 34.6 Å². The maximum absolute atomic E-state index is 7.25. The van der Waals surface area contributed by atoms with E-state index in [1.165, 1.54) is 15.9 Å². The maximum Gasteiger partial charge on any atom is 0 e. The molecule has 0 heterocycles. The quantitative estimate of drug-likeness (QED) is 0.254. The van der Waals surface area contributed by atoms with Gasteiger partial charge in [0.2, 0.25) is 0 Å². The predicted octanol–water partition coefficient (Wildman–Crippen LogP) is 7.91. The minimum Gasteiger partial charge on any atom is -0.577 e. The van der Waals surface area contributed by atoms with E-state index in [1.807, 2.05) is 0 Å². The molecule has 0 amide bonds. The Balaban J connectivity index is -0.000000551. The molecule has 4 rings (SSSR count). The van der Waals surface area contributed by atoms with Crippen molar-refractivity contribution in [2.24, 2.45) is 29.6 Å². The van der Waals surface area contributed by atoms with E-state index >= 15 is 0 Å². The van der Waals surface area contributed by atoms with Gasteiger partial charge in [-0.2, -0.15) is 0 Å². The Morgan fingerprint density at radius 1 is 0.395 bits per heavy atom. The minimum atomic E-state index is -0.446. The van der Waals surface area contributed by atoms with Gasteiger partial charge in [-0.25, -0.2) is 0 Å². The van der Waals surface area contributed by atoms with Crippen molar-refractivity contribution in [2.75, 3.05) is 0 Å². The van der Waals surface area contributed by atoms with Crippen molar-refractivity contribution in [3.8, 4) is 0 Å². The molecular weight excluding hydrogens is 671 g/mol. The summed E-state index contributed by atoms with van der Waals surface area (Å²) in [6.07, 6.45) is 0. The zero-order valence-electron chi connectivity index (χ0n) is 22.3. The van der Waals surface area contributed by atoms with Crippen LogP contribution in [0.2, 0.25) is 0 Å². The number of nitroso groups, excluding NO2 is 4. The summed E-state index contributed by atoms with van der Waals surface area (Å²) in [6, 6.07) is 32.3. The zero-order chi connectivity index (χ0) is 28.8. The van der Waals surface area contributed by atoms with Crippen LogP contribution in [-0.2, 0) is 21.1 Å². The molecule has 1 saturated carbocycles. The van der Waals surface area contributed by atoms with Crippen molar-refractivity contribution >= 4 is 23.8 Å². The predicted molar refractivity (Wildman–Crippen MR) is 158 cm³/mol. The van der Waals surface area contributed by atoms with Crippen LogP contribution < -0.4 is 15.9 Å². The SMILES string of the molecule is CC1C(C)C(C)C(C)C1C.[N-]=O.[N-]=O.[N-]=O.[N-]=O.[W].c1ccc(P(c2ccccc2)c2ccccc2)cc1. The molecule has 0 atom stereocenters. The van der Waals surface area contributed by atoms with Gasteiger partial charge in [-0.1, -0.05) is 126 Å². The summed E-state index contributed by atoms with van der Waals surface area (Å²) < 4.78 is 0. The fourth-order valence-electron chi connectivity index (χ4n) is 4.57. The summed E-state index contributed by atoms with van der Waals surface area (Å²) in [6.45, 7) is 12.0. The number of nitrogens with zero attached hydrogens (tertiary/aromatic N) is 4. The number of hydrogen-bond acceptors (Lipinski definition) is 4. The molecule has 10 heteroatoms. The zero-order valence-corrected chi connectivity index (χ0v) is 26.2. The van der Waals surface area contributed by atoms with Gasteiger partial charge in [0.25, 0.3) is 0 Å². The van der Waals surface area contributed by atoms with Crippen LogP contribution in [0.5, 0.6) is 0 Å². The second-order valence-corrected chi connectivity index (χ2v) is 10.9. The summed E-state index contributed by atoms with van der Waals surface area (Å²) in [5, 5.41) is 4.19. The largest absolute Gasteiger partial charge is 0.577 e. The molecular formula is C28H35N4O4PW-4. The van der Waals surface area contributed by atoms with Gasteiger partial charge in [-0.05, 0) is 53.4 Å². The molecule has 0 radical (unpaired) electrons. The first-order valence-corrected chi connectivity index (χ1v) is 13.0. The Labute approximate surface area is 241 Å². The topological polar surface area (TPSA) is 157 Å². The molecule has 1 aliphatic rings. The van der Waals surface area contributed by atoms with Crippen molar-refractivity contribution < 1.29 is 21.1 Å². The summed E-state index contributed by atoms with van der Waals surface area (Å²) >= 11 is 0. The Bertz CT molecular complexity index is 801. The average molecular weight is 706 g/mol. The number of rotatable bonds is 3. The van der Waals surface area contributed by atoms with Crippen LogP contribution >= 0.6 is 7.92 Å². The summed E-state index contributed by atoms with van der Waals surface area (Å²) in [5.41, 5.74) is 23.0. The van der Waals surface area contributed by atoms with E-state index in [1.54, 1.807) is 0 Å². The maximum atomic E-state index is 7.25. The van der Waals surface area contributed by atoms with E-state index in [2.05, 4.69) is 126 Å². The molecule has 8 nitrogen and oxygen atoms in total. The first kappa shape index (κ1) is 39.7. The molecule has 0 aromatic heterocycles. The van der Waals surface area contributed by atoms with Gasteiger partial charge in [0.05, 0.1) is 0 Å².